The maximum absolute atomic E-state index is 13.1. The van der Waals surface area contributed by atoms with Crippen molar-refractivity contribution < 1.29 is 4.79 Å². The topological polar surface area (TPSA) is 38.1 Å². The lowest BCUT2D eigenvalue weighted by Crippen LogP contribution is -2.40. The summed E-state index contributed by atoms with van der Waals surface area (Å²) < 4.78 is 1.76. The Bertz CT molecular complexity index is 778. The van der Waals surface area contributed by atoms with Crippen molar-refractivity contribution in [2.24, 2.45) is 18.9 Å². The van der Waals surface area contributed by atoms with Crippen LogP contribution in [-0.4, -0.2) is 33.7 Å². The lowest BCUT2D eigenvalue weighted by molar-refractivity contribution is 0.0657. The van der Waals surface area contributed by atoms with Crippen LogP contribution in [-0.2, 0) is 19.9 Å². The van der Waals surface area contributed by atoms with E-state index in [0.717, 1.165) is 50.2 Å². The fraction of sp³-hybridized carbons (Fsp3) is 0.565. The van der Waals surface area contributed by atoms with Gasteiger partial charge in [0.15, 0.2) is 0 Å². The van der Waals surface area contributed by atoms with Gasteiger partial charge in [-0.15, -0.1) is 0 Å². The average molecular weight is 368 g/mol. The second kappa shape index (κ2) is 8.73. The van der Waals surface area contributed by atoms with Crippen molar-refractivity contribution in [1.82, 2.24) is 14.7 Å². The Balaban J connectivity index is 1.61. The summed E-state index contributed by atoms with van der Waals surface area (Å²) in [5.74, 6) is 1.27. The summed E-state index contributed by atoms with van der Waals surface area (Å²) in [5, 5.41) is 4.54. The molecular formula is C23H33N3O. The Hall–Kier alpha value is -2.10. The molecule has 1 unspecified atom stereocenters. The van der Waals surface area contributed by atoms with Crippen LogP contribution in [0.5, 0.6) is 0 Å². The summed E-state index contributed by atoms with van der Waals surface area (Å²) in [7, 11) is 1.89. The molecule has 1 atom stereocenters. The number of hydrogen-bond acceptors (Lipinski definition) is 2. The molecule has 4 nitrogen and oxygen atoms in total. The Morgan fingerprint density at radius 3 is 2.81 bits per heavy atom. The van der Waals surface area contributed by atoms with Crippen LogP contribution in [0.3, 0.4) is 0 Å². The van der Waals surface area contributed by atoms with Crippen LogP contribution in [0.1, 0.15) is 60.4 Å². The zero-order valence-corrected chi connectivity index (χ0v) is 17.2. The number of aromatic nitrogens is 2. The molecule has 0 saturated carbocycles. The quantitative estimate of drug-likeness (QED) is 0.758. The predicted molar refractivity (Wildman–Crippen MR) is 110 cm³/mol. The monoisotopic (exact) mass is 367 g/mol. The van der Waals surface area contributed by atoms with Crippen LogP contribution in [0.15, 0.2) is 30.3 Å². The number of aryl methyl sites for hydroxylation is 3. The summed E-state index contributed by atoms with van der Waals surface area (Å²) in [5.41, 5.74) is 4.55. The van der Waals surface area contributed by atoms with Crippen LogP contribution in [0, 0.1) is 18.8 Å². The summed E-state index contributed by atoms with van der Waals surface area (Å²) in [6.07, 6.45) is 5.49. The summed E-state index contributed by atoms with van der Waals surface area (Å²) >= 11 is 0. The molecule has 1 saturated heterocycles. The van der Waals surface area contributed by atoms with E-state index in [0.29, 0.717) is 11.8 Å². The zero-order chi connectivity index (χ0) is 19.4. The van der Waals surface area contributed by atoms with Crippen LogP contribution in [0.25, 0.3) is 0 Å². The highest BCUT2D eigenvalue weighted by molar-refractivity contribution is 5.92. The van der Waals surface area contributed by atoms with E-state index in [1.54, 1.807) is 4.68 Å². The molecule has 146 valence electrons. The first-order chi connectivity index (χ1) is 12.9. The number of hydrogen-bond donors (Lipinski definition) is 0. The minimum absolute atomic E-state index is 0.139. The van der Waals surface area contributed by atoms with Gasteiger partial charge in [-0.3, -0.25) is 9.48 Å². The highest BCUT2D eigenvalue weighted by Gasteiger charge is 2.26. The van der Waals surface area contributed by atoms with Crippen molar-refractivity contribution in [2.45, 2.75) is 52.9 Å². The highest BCUT2D eigenvalue weighted by atomic mass is 16.2. The molecule has 0 spiro atoms. The molecule has 0 aliphatic carbocycles. The van der Waals surface area contributed by atoms with Crippen molar-refractivity contribution in [3.05, 3.63) is 52.8 Å². The molecule has 1 amide bonds. The summed E-state index contributed by atoms with van der Waals surface area (Å²) in [4.78, 5) is 15.1. The molecule has 2 aromatic rings. The number of rotatable bonds is 6. The molecule has 1 aromatic carbocycles. The number of amides is 1. The first kappa shape index (κ1) is 19.7. The Morgan fingerprint density at radius 2 is 2.07 bits per heavy atom. The normalized spacial score (nSPS) is 17.5. The molecule has 0 bridgehead atoms. The Labute approximate surface area is 163 Å². The second-order valence-electron chi connectivity index (χ2n) is 8.47. The van der Waals surface area contributed by atoms with E-state index < -0.39 is 0 Å². The standard InChI is InChI=1S/C23H33N3O/c1-17(2)14-21-15-22(25(4)24-21)23(27)26-13-7-9-19(16-26)11-12-20-10-6-5-8-18(20)3/h5-6,8,10,15,17,19H,7,9,11-14,16H2,1-4H3. The third-order valence-electron chi connectivity index (χ3n) is 5.66. The van der Waals surface area contributed by atoms with Gasteiger partial charge in [0.25, 0.3) is 5.91 Å². The van der Waals surface area contributed by atoms with Crippen molar-refractivity contribution in [3.8, 4) is 0 Å². The van der Waals surface area contributed by atoms with Crippen molar-refractivity contribution in [3.63, 3.8) is 0 Å². The van der Waals surface area contributed by atoms with Gasteiger partial charge in [-0.1, -0.05) is 38.1 Å². The van der Waals surface area contributed by atoms with Gasteiger partial charge in [0.1, 0.15) is 5.69 Å². The molecule has 27 heavy (non-hydrogen) atoms. The minimum atomic E-state index is 0.139. The minimum Gasteiger partial charge on any atom is -0.337 e. The largest absolute Gasteiger partial charge is 0.337 e. The maximum Gasteiger partial charge on any atom is 0.272 e. The van der Waals surface area contributed by atoms with Crippen LogP contribution >= 0.6 is 0 Å². The Kier molecular flexibility index (Phi) is 6.35. The van der Waals surface area contributed by atoms with Gasteiger partial charge in [-0.2, -0.15) is 5.10 Å². The smallest absolute Gasteiger partial charge is 0.272 e. The first-order valence-corrected chi connectivity index (χ1v) is 10.3. The third kappa shape index (κ3) is 5.00. The number of carbonyl (C=O) groups is 1. The van der Waals surface area contributed by atoms with Gasteiger partial charge in [0.2, 0.25) is 0 Å². The van der Waals surface area contributed by atoms with E-state index >= 15 is 0 Å². The van der Waals surface area contributed by atoms with Crippen LogP contribution < -0.4 is 0 Å². The van der Waals surface area contributed by atoms with Gasteiger partial charge in [0.05, 0.1) is 5.69 Å². The van der Waals surface area contributed by atoms with E-state index in [2.05, 4.69) is 50.1 Å². The fourth-order valence-corrected chi connectivity index (χ4v) is 4.14. The van der Waals surface area contributed by atoms with Gasteiger partial charge in [0, 0.05) is 20.1 Å². The molecule has 1 fully saturated rings. The number of benzene rings is 1. The Morgan fingerprint density at radius 1 is 1.30 bits per heavy atom. The number of piperidine rings is 1. The van der Waals surface area contributed by atoms with Crippen molar-refractivity contribution in [1.29, 1.82) is 0 Å². The molecular weight excluding hydrogens is 334 g/mol. The predicted octanol–water partition coefficient (Wildman–Crippen LogP) is 4.41. The van der Waals surface area contributed by atoms with Crippen LogP contribution in [0.2, 0.25) is 0 Å². The van der Waals surface area contributed by atoms with E-state index in [-0.39, 0.29) is 5.91 Å². The van der Waals surface area contributed by atoms with Gasteiger partial charge >= 0.3 is 0 Å². The fourth-order valence-electron chi connectivity index (χ4n) is 4.14. The van der Waals surface area contributed by atoms with Crippen LogP contribution in [0.4, 0.5) is 0 Å². The molecule has 1 aromatic heterocycles. The number of likely N-dealkylation sites (tertiary alicyclic amines) is 1. The van der Waals surface area contributed by atoms with Gasteiger partial charge in [-0.25, -0.2) is 0 Å². The van der Waals surface area contributed by atoms with Gasteiger partial charge < -0.3 is 4.90 Å². The lowest BCUT2D eigenvalue weighted by atomic mass is 9.90. The molecule has 1 aliphatic rings. The molecule has 0 N–H and O–H groups in total. The molecule has 4 heteroatoms. The van der Waals surface area contributed by atoms with E-state index in [4.69, 9.17) is 0 Å². The lowest BCUT2D eigenvalue weighted by Gasteiger charge is -2.33. The second-order valence-corrected chi connectivity index (χ2v) is 8.47. The van der Waals surface area contributed by atoms with Crippen molar-refractivity contribution in [2.75, 3.05) is 13.1 Å². The van der Waals surface area contributed by atoms with Gasteiger partial charge in [-0.05, 0) is 68.1 Å². The zero-order valence-electron chi connectivity index (χ0n) is 17.2. The number of nitrogens with zero attached hydrogens (tertiary/aromatic N) is 3. The molecule has 1 aliphatic heterocycles. The van der Waals surface area contributed by atoms with Crippen molar-refractivity contribution >= 4 is 5.91 Å². The first-order valence-electron chi connectivity index (χ1n) is 10.3. The molecule has 0 radical (unpaired) electrons. The molecule has 3 rings (SSSR count). The van der Waals surface area contributed by atoms with E-state index in [1.165, 1.54) is 17.5 Å². The SMILES string of the molecule is Cc1ccccc1CCC1CCCN(C(=O)c2cc(CC(C)C)nn2C)C1. The third-order valence-corrected chi connectivity index (χ3v) is 5.66. The number of carbonyl (C=O) groups excluding carboxylic acids is 1. The summed E-state index contributed by atoms with van der Waals surface area (Å²) in [6, 6.07) is 10.6. The summed E-state index contributed by atoms with van der Waals surface area (Å²) in [6.45, 7) is 8.28. The van der Waals surface area contributed by atoms with E-state index in [9.17, 15) is 4.79 Å². The molecule has 2 heterocycles. The average Bonchev–Trinajstić information content (AvgIpc) is 3.00. The highest BCUT2D eigenvalue weighted by Crippen LogP contribution is 2.24. The van der Waals surface area contributed by atoms with E-state index in [1.807, 2.05) is 18.0 Å². The maximum atomic E-state index is 13.1.